The first-order chi connectivity index (χ1) is 17.5. The highest BCUT2D eigenvalue weighted by molar-refractivity contribution is 5.68. The fourth-order valence-corrected chi connectivity index (χ4v) is 4.64. The maximum atomic E-state index is 14.5. The molecule has 0 amide bonds. The molecule has 0 unspecified atom stereocenters. The van der Waals surface area contributed by atoms with Gasteiger partial charge < -0.3 is 15.2 Å². The zero-order valence-electron chi connectivity index (χ0n) is 20.4. The molecule has 0 aliphatic heterocycles. The van der Waals surface area contributed by atoms with E-state index in [-0.39, 0.29) is 30.1 Å². The Morgan fingerprint density at radius 3 is 2.78 bits per heavy atom. The lowest BCUT2D eigenvalue weighted by atomic mass is 9.98. The van der Waals surface area contributed by atoms with Crippen molar-refractivity contribution >= 4 is 5.97 Å². The fraction of sp³-hybridized carbons (Fsp3) is 0.345. The van der Waals surface area contributed by atoms with Crippen LogP contribution in [0.2, 0.25) is 0 Å². The Morgan fingerprint density at radius 2 is 2.06 bits per heavy atom. The maximum absolute atomic E-state index is 14.5. The molecular formula is C29H30FN3O3. The second-order valence-corrected chi connectivity index (χ2v) is 9.05. The summed E-state index contributed by atoms with van der Waals surface area (Å²) in [6.45, 7) is 3.45. The van der Waals surface area contributed by atoms with Crippen LogP contribution in [0.1, 0.15) is 60.1 Å². The van der Waals surface area contributed by atoms with E-state index in [1.54, 1.807) is 0 Å². The van der Waals surface area contributed by atoms with Crippen molar-refractivity contribution in [2.45, 2.75) is 51.5 Å². The van der Waals surface area contributed by atoms with Gasteiger partial charge in [-0.15, -0.1) is 0 Å². The number of hydrogen-bond donors (Lipinski definition) is 2. The Bertz CT molecular complexity index is 1270. The number of nitriles is 1. The number of aryl methyl sites for hydroxylation is 2. The number of nitrogens with one attached hydrogen (secondary N) is 1. The standard InChI is InChI=1S/C29H30FN3O3/c1-2-19-4-6-20(7-5-19)29-23(17-31)15-26(30)27(33-29)18-32-12-3-13-36-24-10-11-25-21(14-24)8-9-22(25)16-28(34)35/h4-7,10-11,14-15,22,32H,2-3,8-9,12-13,16,18H2,1H3,(H,34,35)/t22-/m0/s1. The van der Waals surface area contributed by atoms with Crippen molar-refractivity contribution in [2.24, 2.45) is 0 Å². The number of carboxylic acid groups (broad SMARTS) is 1. The number of aliphatic carboxylic acids is 1. The minimum Gasteiger partial charge on any atom is -0.494 e. The van der Waals surface area contributed by atoms with E-state index in [0.29, 0.717) is 18.8 Å². The Morgan fingerprint density at radius 1 is 1.25 bits per heavy atom. The summed E-state index contributed by atoms with van der Waals surface area (Å²) in [7, 11) is 0. The molecule has 1 aliphatic rings. The third-order valence-electron chi connectivity index (χ3n) is 6.60. The van der Waals surface area contributed by atoms with Gasteiger partial charge in [0.15, 0.2) is 0 Å². The van der Waals surface area contributed by atoms with Gasteiger partial charge in [0.05, 0.1) is 30.0 Å². The van der Waals surface area contributed by atoms with E-state index in [9.17, 15) is 14.4 Å². The molecule has 7 heteroatoms. The third-order valence-corrected chi connectivity index (χ3v) is 6.60. The Kier molecular flexibility index (Phi) is 8.29. The van der Waals surface area contributed by atoms with Crippen LogP contribution in [0.4, 0.5) is 4.39 Å². The number of nitrogens with zero attached hydrogens (tertiary/aromatic N) is 2. The molecule has 4 rings (SSSR count). The average Bonchev–Trinajstić information content (AvgIpc) is 3.27. The summed E-state index contributed by atoms with van der Waals surface area (Å²) in [5, 5.41) is 21.7. The highest BCUT2D eigenvalue weighted by Crippen LogP contribution is 2.37. The number of fused-ring (bicyclic) bond motifs is 1. The molecule has 1 atom stereocenters. The second kappa shape index (κ2) is 11.8. The van der Waals surface area contributed by atoms with E-state index in [2.05, 4.69) is 23.3 Å². The van der Waals surface area contributed by atoms with Crippen molar-refractivity contribution in [1.82, 2.24) is 10.3 Å². The summed E-state index contributed by atoms with van der Waals surface area (Å²) in [4.78, 5) is 15.5. The molecule has 0 saturated carbocycles. The molecule has 2 aromatic carbocycles. The minimum absolute atomic E-state index is 0.0863. The van der Waals surface area contributed by atoms with E-state index in [4.69, 9.17) is 9.84 Å². The minimum atomic E-state index is -0.765. The van der Waals surface area contributed by atoms with Crippen LogP contribution in [-0.4, -0.2) is 29.2 Å². The zero-order chi connectivity index (χ0) is 25.5. The normalized spacial score (nSPS) is 14.3. The summed E-state index contributed by atoms with van der Waals surface area (Å²) < 4.78 is 20.4. The third kappa shape index (κ3) is 6.07. The number of pyridine rings is 1. The molecule has 0 bridgehead atoms. The molecule has 6 nitrogen and oxygen atoms in total. The van der Waals surface area contributed by atoms with Crippen LogP contribution in [0.5, 0.6) is 5.75 Å². The molecular weight excluding hydrogens is 457 g/mol. The van der Waals surface area contributed by atoms with E-state index >= 15 is 0 Å². The number of benzene rings is 2. The monoisotopic (exact) mass is 487 g/mol. The summed E-state index contributed by atoms with van der Waals surface area (Å²) in [5.41, 5.74) is 5.25. The smallest absolute Gasteiger partial charge is 0.303 e. The van der Waals surface area contributed by atoms with Crippen molar-refractivity contribution in [3.05, 3.63) is 82.3 Å². The Labute approximate surface area is 210 Å². The van der Waals surface area contributed by atoms with Gasteiger partial charge in [-0.3, -0.25) is 4.79 Å². The molecule has 0 fully saturated rings. The van der Waals surface area contributed by atoms with Crippen LogP contribution in [0.15, 0.2) is 48.5 Å². The fourth-order valence-electron chi connectivity index (χ4n) is 4.64. The number of rotatable bonds is 11. The van der Waals surface area contributed by atoms with Crippen molar-refractivity contribution in [1.29, 1.82) is 5.26 Å². The van der Waals surface area contributed by atoms with Crippen molar-refractivity contribution in [2.75, 3.05) is 13.2 Å². The average molecular weight is 488 g/mol. The van der Waals surface area contributed by atoms with Gasteiger partial charge in [0.2, 0.25) is 0 Å². The van der Waals surface area contributed by atoms with E-state index in [1.807, 2.05) is 42.5 Å². The van der Waals surface area contributed by atoms with Gasteiger partial charge in [0.1, 0.15) is 17.6 Å². The van der Waals surface area contributed by atoms with Gasteiger partial charge in [-0.1, -0.05) is 37.3 Å². The Hall–Kier alpha value is -3.76. The molecule has 1 aromatic heterocycles. The van der Waals surface area contributed by atoms with Crippen LogP contribution in [0.25, 0.3) is 11.3 Å². The van der Waals surface area contributed by atoms with E-state index < -0.39 is 11.8 Å². The maximum Gasteiger partial charge on any atom is 0.303 e. The van der Waals surface area contributed by atoms with Gasteiger partial charge in [-0.2, -0.15) is 5.26 Å². The molecule has 36 heavy (non-hydrogen) atoms. The first kappa shape index (κ1) is 25.3. The van der Waals surface area contributed by atoms with Crippen LogP contribution in [0, 0.1) is 17.1 Å². The second-order valence-electron chi connectivity index (χ2n) is 9.05. The van der Waals surface area contributed by atoms with Crippen LogP contribution in [-0.2, 0) is 24.2 Å². The van der Waals surface area contributed by atoms with Gasteiger partial charge in [-0.25, -0.2) is 9.37 Å². The summed E-state index contributed by atoms with van der Waals surface area (Å²) in [6, 6.07) is 17.0. The van der Waals surface area contributed by atoms with Crippen molar-refractivity contribution in [3.63, 3.8) is 0 Å². The largest absolute Gasteiger partial charge is 0.494 e. The van der Waals surface area contributed by atoms with Gasteiger partial charge in [0.25, 0.3) is 0 Å². The first-order valence-electron chi connectivity index (χ1n) is 12.4. The lowest BCUT2D eigenvalue weighted by molar-refractivity contribution is -0.137. The number of aromatic nitrogens is 1. The number of hydrogen-bond acceptors (Lipinski definition) is 5. The number of halogens is 1. The topological polar surface area (TPSA) is 95.2 Å². The zero-order valence-corrected chi connectivity index (χ0v) is 20.4. The molecule has 1 aliphatic carbocycles. The van der Waals surface area contributed by atoms with Crippen molar-refractivity contribution in [3.8, 4) is 23.1 Å². The highest BCUT2D eigenvalue weighted by atomic mass is 19.1. The highest BCUT2D eigenvalue weighted by Gasteiger charge is 2.24. The summed E-state index contributed by atoms with van der Waals surface area (Å²) >= 11 is 0. The number of carbonyl (C=O) groups is 1. The van der Waals surface area contributed by atoms with Crippen LogP contribution < -0.4 is 10.1 Å². The predicted octanol–water partition coefficient (Wildman–Crippen LogP) is 5.38. The first-order valence-corrected chi connectivity index (χ1v) is 12.4. The van der Waals surface area contributed by atoms with E-state index in [1.165, 1.54) is 17.2 Å². The molecule has 0 saturated heterocycles. The van der Waals surface area contributed by atoms with Crippen molar-refractivity contribution < 1.29 is 19.0 Å². The van der Waals surface area contributed by atoms with Crippen LogP contribution >= 0.6 is 0 Å². The summed E-state index contributed by atoms with van der Waals surface area (Å²) in [6.07, 6.45) is 3.55. The SMILES string of the molecule is CCc1ccc(-c2nc(CNCCCOc3ccc4c(c3)CC[C@H]4CC(=O)O)c(F)cc2C#N)cc1. The number of carboxylic acids is 1. The quantitative estimate of drug-likeness (QED) is 0.352. The van der Waals surface area contributed by atoms with Gasteiger partial charge in [-0.05, 0) is 73.0 Å². The lowest BCUT2D eigenvalue weighted by Gasteiger charge is -2.12. The lowest BCUT2D eigenvalue weighted by Crippen LogP contribution is -2.19. The predicted molar refractivity (Wildman–Crippen MR) is 135 cm³/mol. The Balaban J connectivity index is 1.28. The summed E-state index contributed by atoms with van der Waals surface area (Å²) in [5.74, 6) is -0.395. The number of ether oxygens (including phenoxy) is 1. The molecule has 0 radical (unpaired) electrons. The molecule has 0 spiro atoms. The molecule has 186 valence electrons. The van der Waals surface area contributed by atoms with Gasteiger partial charge in [0, 0.05) is 12.1 Å². The molecule has 1 heterocycles. The van der Waals surface area contributed by atoms with Gasteiger partial charge >= 0.3 is 5.97 Å². The molecule has 3 aromatic rings. The molecule has 2 N–H and O–H groups in total. The van der Waals surface area contributed by atoms with Crippen LogP contribution in [0.3, 0.4) is 0 Å². The van der Waals surface area contributed by atoms with E-state index in [0.717, 1.165) is 42.6 Å².